The van der Waals surface area contributed by atoms with Gasteiger partial charge in [-0.05, 0) is 37.9 Å². The molecule has 3 heteroatoms. The van der Waals surface area contributed by atoms with Crippen LogP contribution in [0.2, 0.25) is 0 Å². The van der Waals surface area contributed by atoms with Gasteiger partial charge in [0.25, 0.3) is 0 Å². The number of aliphatic hydroxyl groups is 1. The van der Waals surface area contributed by atoms with E-state index in [1.807, 2.05) is 0 Å². The van der Waals surface area contributed by atoms with Crippen LogP contribution in [0.3, 0.4) is 0 Å². The van der Waals surface area contributed by atoms with Crippen LogP contribution in [0.25, 0.3) is 0 Å². The largest absolute Gasteiger partial charge is 0.396 e. The van der Waals surface area contributed by atoms with Gasteiger partial charge < -0.3 is 10.4 Å². The summed E-state index contributed by atoms with van der Waals surface area (Å²) in [6.07, 6.45) is 3.62. The minimum Gasteiger partial charge on any atom is -0.396 e. The molecule has 2 unspecified atom stereocenters. The molecule has 0 bridgehead atoms. The van der Waals surface area contributed by atoms with E-state index in [0.29, 0.717) is 6.04 Å². The molecule has 1 aromatic carbocycles. The zero-order chi connectivity index (χ0) is 15.1. The van der Waals surface area contributed by atoms with Gasteiger partial charge in [0.15, 0.2) is 0 Å². The Kier molecular flexibility index (Phi) is 6.22. The molecule has 0 saturated carbocycles. The first-order valence-electron chi connectivity index (χ1n) is 8.29. The van der Waals surface area contributed by atoms with Crippen LogP contribution in [0.1, 0.15) is 44.7 Å². The molecule has 0 spiro atoms. The number of likely N-dealkylation sites (tertiary alicyclic amines) is 1. The fourth-order valence-electron chi connectivity index (χ4n) is 2.99. The minimum absolute atomic E-state index is 0.00769. The fraction of sp³-hybridized carbons (Fsp3) is 0.667. The van der Waals surface area contributed by atoms with Crippen LogP contribution >= 0.6 is 0 Å². The van der Waals surface area contributed by atoms with Crippen molar-refractivity contribution in [2.75, 3.05) is 32.8 Å². The Morgan fingerprint density at radius 2 is 1.90 bits per heavy atom. The molecule has 3 nitrogen and oxygen atoms in total. The summed E-state index contributed by atoms with van der Waals surface area (Å²) in [5.41, 5.74) is 1.39. The Hall–Kier alpha value is -0.900. The Balaban J connectivity index is 1.97. The molecular formula is C18H30N2O. The van der Waals surface area contributed by atoms with Crippen molar-refractivity contribution in [3.63, 3.8) is 0 Å². The third-order valence-electron chi connectivity index (χ3n) is 4.89. The lowest BCUT2D eigenvalue weighted by atomic mass is 9.88. The molecule has 1 aromatic rings. The van der Waals surface area contributed by atoms with Crippen molar-refractivity contribution in [3.8, 4) is 0 Å². The maximum Gasteiger partial charge on any atom is 0.0496 e. The number of aliphatic hydroxyl groups excluding tert-OH is 1. The van der Waals surface area contributed by atoms with Crippen molar-refractivity contribution in [1.82, 2.24) is 10.2 Å². The zero-order valence-corrected chi connectivity index (χ0v) is 13.5. The van der Waals surface area contributed by atoms with Crippen molar-refractivity contribution in [1.29, 1.82) is 0 Å². The molecule has 118 valence electrons. The van der Waals surface area contributed by atoms with Gasteiger partial charge in [-0.3, -0.25) is 4.90 Å². The molecule has 1 aliphatic heterocycles. The number of nitrogens with zero attached hydrogens (tertiary/aromatic N) is 1. The third-order valence-corrected chi connectivity index (χ3v) is 4.89. The molecular weight excluding hydrogens is 260 g/mol. The summed E-state index contributed by atoms with van der Waals surface area (Å²) in [5, 5.41) is 13.1. The maximum absolute atomic E-state index is 9.53. The standard InChI is InChI=1S/C18H30N2O/c1-3-18(2,15-21)14-19-13-17(20-11-7-8-12-20)16-9-5-4-6-10-16/h4-6,9-10,17,19,21H,3,7-8,11-15H2,1-2H3. The average Bonchev–Trinajstić information content (AvgIpc) is 3.06. The highest BCUT2D eigenvalue weighted by Crippen LogP contribution is 2.25. The minimum atomic E-state index is -0.00769. The Bertz CT molecular complexity index is 397. The van der Waals surface area contributed by atoms with E-state index >= 15 is 0 Å². The molecule has 2 atom stereocenters. The van der Waals surface area contributed by atoms with Crippen LogP contribution in [-0.4, -0.2) is 42.8 Å². The lowest BCUT2D eigenvalue weighted by molar-refractivity contribution is 0.131. The molecule has 2 rings (SSSR count). The normalized spacial score (nSPS) is 20.3. The van der Waals surface area contributed by atoms with Crippen LogP contribution in [0.4, 0.5) is 0 Å². The first-order chi connectivity index (χ1) is 10.2. The molecule has 1 aliphatic rings. The first kappa shape index (κ1) is 16.5. The summed E-state index contributed by atoms with van der Waals surface area (Å²) in [5.74, 6) is 0. The SMILES string of the molecule is CCC(C)(CO)CNCC(c1ccccc1)N1CCCC1. The van der Waals surface area contributed by atoms with Gasteiger partial charge in [-0.15, -0.1) is 0 Å². The van der Waals surface area contributed by atoms with Crippen molar-refractivity contribution in [3.05, 3.63) is 35.9 Å². The van der Waals surface area contributed by atoms with E-state index in [0.717, 1.165) is 19.5 Å². The van der Waals surface area contributed by atoms with Gasteiger partial charge in [-0.2, -0.15) is 0 Å². The smallest absolute Gasteiger partial charge is 0.0496 e. The summed E-state index contributed by atoms with van der Waals surface area (Å²) in [7, 11) is 0. The lowest BCUT2D eigenvalue weighted by Gasteiger charge is -2.31. The highest BCUT2D eigenvalue weighted by atomic mass is 16.3. The number of hydrogen-bond donors (Lipinski definition) is 2. The maximum atomic E-state index is 9.53. The molecule has 0 amide bonds. The van der Waals surface area contributed by atoms with Crippen LogP contribution in [-0.2, 0) is 0 Å². The fourth-order valence-corrected chi connectivity index (χ4v) is 2.99. The molecule has 0 aromatic heterocycles. The monoisotopic (exact) mass is 290 g/mol. The third kappa shape index (κ3) is 4.53. The van der Waals surface area contributed by atoms with Crippen molar-refractivity contribution < 1.29 is 5.11 Å². The summed E-state index contributed by atoms with van der Waals surface area (Å²) >= 11 is 0. The van der Waals surface area contributed by atoms with Gasteiger partial charge in [0, 0.05) is 31.2 Å². The van der Waals surface area contributed by atoms with E-state index in [4.69, 9.17) is 0 Å². The first-order valence-corrected chi connectivity index (χ1v) is 8.29. The molecule has 0 aliphatic carbocycles. The topological polar surface area (TPSA) is 35.5 Å². The van der Waals surface area contributed by atoms with Gasteiger partial charge in [0.2, 0.25) is 0 Å². The Morgan fingerprint density at radius 1 is 1.24 bits per heavy atom. The second-order valence-corrected chi connectivity index (χ2v) is 6.62. The van der Waals surface area contributed by atoms with E-state index in [2.05, 4.69) is 54.4 Å². The molecule has 1 saturated heterocycles. The molecule has 0 radical (unpaired) electrons. The zero-order valence-electron chi connectivity index (χ0n) is 13.5. The number of hydrogen-bond acceptors (Lipinski definition) is 3. The Morgan fingerprint density at radius 3 is 2.48 bits per heavy atom. The van der Waals surface area contributed by atoms with E-state index in [1.165, 1.54) is 31.5 Å². The van der Waals surface area contributed by atoms with Crippen LogP contribution in [0.15, 0.2) is 30.3 Å². The predicted octanol–water partition coefficient (Wildman–Crippen LogP) is 2.82. The van der Waals surface area contributed by atoms with Gasteiger partial charge >= 0.3 is 0 Å². The van der Waals surface area contributed by atoms with Crippen molar-refractivity contribution in [2.45, 2.75) is 39.2 Å². The van der Waals surface area contributed by atoms with Crippen molar-refractivity contribution >= 4 is 0 Å². The molecule has 1 fully saturated rings. The average molecular weight is 290 g/mol. The summed E-state index contributed by atoms with van der Waals surface area (Å²) < 4.78 is 0. The summed E-state index contributed by atoms with van der Waals surface area (Å²) in [6.45, 7) is 8.77. The number of rotatable bonds is 8. The highest BCUT2D eigenvalue weighted by Gasteiger charge is 2.25. The number of nitrogens with one attached hydrogen (secondary N) is 1. The second kappa shape index (κ2) is 7.92. The number of benzene rings is 1. The van der Waals surface area contributed by atoms with Gasteiger partial charge in [-0.1, -0.05) is 44.2 Å². The molecule has 21 heavy (non-hydrogen) atoms. The van der Waals surface area contributed by atoms with E-state index < -0.39 is 0 Å². The van der Waals surface area contributed by atoms with Gasteiger partial charge in [0.05, 0.1) is 0 Å². The quantitative estimate of drug-likeness (QED) is 0.773. The predicted molar refractivity (Wildman–Crippen MR) is 88.3 cm³/mol. The van der Waals surface area contributed by atoms with Gasteiger partial charge in [-0.25, -0.2) is 0 Å². The van der Waals surface area contributed by atoms with Crippen LogP contribution < -0.4 is 5.32 Å². The van der Waals surface area contributed by atoms with E-state index in [1.54, 1.807) is 0 Å². The van der Waals surface area contributed by atoms with Crippen LogP contribution in [0, 0.1) is 5.41 Å². The van der Waals surface area contributed by atoms with Gasteiger partial charge in [0.1, 0.15) is 0 Å². The molecule has 2 N–H and O–H groups in total. The molecule has 1 heterocycles. The lowest BCUT2D eigenvalue weighted by Crippen LogP contribution is -2.40. The highest BCUT2D eigenvalue weighted by molar-refractivity contribution is 5.19. The van der Waals surface area contributed by atoms with Crippen LogP contribution in [0.5, 0.6) is 0 Å². The summed E-state index contributed by atoms with van der Waals surface area (Å²) in [6, 6.07) is 11.3. The summed E-state index contributed by atoms with van der Waals surface area (Å²) in [4.78, 5) is 2.59. The van der Waals surface area contributed by atoms with Crippen molar-refractivity contribution in [2.24, 2.45) is 5.41 Å². The Labute approximate surface area is 129 Å². The van der Waals surface area contributed by atoms with E-state index in [9.17, 15) is 5.11 Å². The second-order valence-electron chi connectivity index (χ2n) is 6.62. The van der Waals surface area contributed by atoms with E-state index in [-0.39, 0.29) is 12.0 Å².